The van der Waals surface area contributed by atoms with Crippen LogP contribution in [0, 0.1) is 0 Å². The predicted molar refractivity (Wildman–Crippen MR) is 69.0 cm³/mol. The molecule has 86 valence electrons. The van der Waals surface area contributed by atoms with Crippen molar-refractivity contribution in [3.63, 3.8) is 0 Å². The lowest BCUT2D eigenvalue weighted by atomic mass is 10.0. The highest BCUT2D eigenvalue weighted by Gasteiger charge is 2.24. The van der Waals surface area contributed by atoms with Gasteiger partial charge in [0, 0.05) is 18.8 Å². The van der Waals surface area contributed by atoms with Crippen LogP contribution in [0.5, 0.6) is 0 Å². The number of thiol groups is 1. The van der Waals surface area contributed by atoms with Crippen molar-refractivity contribution in [3.8, 4) is 0 Å². The fraction of sp³-hybridized carbons (Fsp3) is 0.417. The number of hydrogen-bond acceptors (Lipinski definition) is 3. The summed E-state index contributed by atoms with van der Waals surface area (Å²) < 4.78 is 0. The zero-order valence-electron chi connectivity index (χ0n) is 9.31. The molecule has 1 aliphatic rings. The number of likely N-dealkylation sites (N-methyl/N-ethyl adjacent to an activating group) is 1. The molecule has 0 saturated carbocycles. The van der Waals surface area contributed by atoms with Crippen molar-refractivity contribution in [1.29, 1.82) is 0 Å². The van der Waals surface area contributed by atoms with E-state index in [4.69, 9.17) is 5.73 Å². The first-order valence-electron chi connectivity index (χ1n) is 5.39. The van der Waals surface area contributed by atoms with Crippen molar-refractivity contribution in [2.75, 3.05) is 17.7 Å². The molecule has 0 fully saturated rings. The van der Waals surface area contributed by atoms with Gasteiger partial charge in [0.2, 0.25) is 5.91 Å². The molecule has 1 atom stereocenters. The summed E-state index contributed by atoms with van der Waals surface area (Å²) in [6.07, 6.45) is 1.35. The van der Waals surface area contributed by atoms with Crippen molar-refractivity contribution in [2.45, 2.75) is 18.9 Å². The number of benzene rings is 1. The topological polar surface area (TPSA) is 46.3 Å². The van der Waals surface area contributed by atoms with Crippen molar-refractivity contribution in [2.24, 2.45) is 5.73 Å². The van der Waals surface area contributed by atoms with Crippen LogP contribution < -0.4 is 10.6 Å². The zero-order valence-corrected chi connectivity index (χ0v) is 10.2. The predicted octanol–water partition coefficient (Wildman–Crippen LogP) is 1.53. The molecule has 0 aromatic heterocycles. The highest BCUT2D eigenvalue weighted by Crippen LogP contribution is 2.30. The Morgan fingerprint density at radius 3 is 3.00 bits per heavy atom. The van der Waals surface area contributed by atoms with Crippen LogP contribution in [0.3, 0.4) is 0 Å². The van der Waals surface area contributed by atoms with E-state index in [0.29, 0.717) is 6.42 Å². The molecule has 1 amide bonds. The van der Waals surface area contributed by atoms with E-state index in [-0.39, 0.29) is 11.9 Å². The Hall–Kier alpha value is -1.00. The Kier molecular flexibility index (Phi) is 3.21. The Labute approximate surface area is 101 Å². The van der Waals surface area contributed by atoms with Gasteiger partial charge in [-0.15, -0.1) is 0 Å². The third-order valence-electron chi connectivity index (χ3n) is 3.05. The average molecular weight is 236 g/mol. The molecule has 1 aromatic rings. The second kappa shape index (κ2) is 4.47. The van der Waals surface area contributed by atoms with E-state index in [1.165, 1.54) is 0 Å². The maximum atomic E-state index is 11.5. The maximum Gasteiger partial charge on any atom is 0.231 e. The van der Waals surface area contributed by atoms with Gasteiger partial charge in [-0.2, -0.15) is 12.6 Å². The smallest absolute Gasteiger partial charge is 0.231 e. The van der Waals surface area contributed by atoms with Gasteiger partial charge in [0.1, 0.15) is 0 Å². The Bertz CT molecular complexity index is 419. The minimum atomic E-state index is 0.0174. The second-order valence-electron chi connectivity index (χ2n) is 4.14. The van der Waals surface area contributed by atoms with E-state index in [1.54, 1.807) is 4.90 Å². The molecular weight excluding hydrogens is 220 g/mol. The Morgan fingerprint density at radius 1 is 1.56 bits per heavy atom. The van der Waals surface area contributed by atoms with E-state index >= 15 is 0 Å². The van der Waals surface area contributed by atoms with Crippen LogP contribution in [-0.2, 0) is 11.2 Å². The summed E-state index contributed by atoms with van der Waals surface area (Å²) >= 11 is 4.18. The van der Waals surface area contributed by atoms with Crippen molar-refractivity contribution in [3.05, 3.63) is 29.3 Å². The molecule has 0 aliphatic carbocycles. The molecular formula is C12H16N2OS. The third kappa shape index (κ3) is 1.95. The summed E-state index contributed by atoms with van der Waals surface area (Å²) in [5, 5.41) is 0. The molecule has 2 rings (SSSR count). The number of anilines is 1. The zero-order chi connectivity index (χ0) is 11.7. The first-order chi connectivity index (χ1) is 7.63. The number of amides is 1. The molecule has 1 unspecified atom stereocenters. The fourth-order valence-corrected chi connectivity index (χ4v) is 2.30. The molecule has 1 aliphatic heterocycles. The third-order valence-corrected chi connectivity index (χ3v) is 3.31. The SMILES string of the molecule is CN1C(=O)Cc2cc(C(N)CCS)ccc21. The number of carbonyl (C=O) groups excluding carboxylic acids is 1. The second-order valence-corrected chi connectivity index (χ2v) is 4.58. The van der Waals surface area contributed by atoms with Crippen LogP contribution in [0.1, 0.15) is 23.6 Å². The van der Waals surface area contributed by atoms with Crippen LogP contribution in [0.4, 0.5) is 5.69 Å². The van der Waals surface area contributed by atoms with E-state index in [1.807, 2.05) is 25.2 Å². The number of carbonyl (C=O) groups is 1. The average Bonchev–Trinajstić information content (AvgIpc) is 2.55. The minimum absolute atomic E-state index is 0.0174. The quantitative estimate of drug-likeness (QED) is 0.782. The lowest BCUT2D eigenvalue weighted by Crippen LogP contribution is -2.20. The highest BCUT2D eigenvalue weighted by molar-refractivity contribution is 7.80. The van der Waals surface area contributed by atoms with Gasteiger partial charge in [-0.1, -0.05) is 12.1 Å². The summed E-state index contributed by atoms with van der Waals surface area (Å²) in [6, 6.07) is 6.05. The first kappa shape index (κ1) is 11.5. The van der Waals surface area contributed by atoms with Crippen LogP contribution in [0.2, 0.25) is 0 Å². The van der Waals surface area contributed by atoms with Crippen molar-refractivity contribution in [1.82, 2.24) is 0 Å². The number of nitrogens with zero attached hydrogens (tertiary/aromatic N) is 1. The van der Waals surface area contributed by atoms with Crippen LogP contribution in [-0.4, -0.2) is 18.7 Å². The summed E-state index contributed by atoms with van der Waals surface area (Å²) in [7, 11) is 1.81. The normalized spacial score (nSPS) is 16.4. The summed E-state index contributed by atoms with van der Waals surface area (Å²) in [4.78, 5) is 13.2. The molecule has 1 heterocycles. The van der Waals surface area contributed by atoms with E-state index in [2.05, 4.69) is 12.6 Å². The molecule has 0 bridgehead atoms. The van der Waals surface area contributed by atoms with Gasteiger partial charge >= 0.3 is 0 Å². The van der Waals surface area contributed by atoms with Crippen molar-refractivity contribution >= 4 is 24.2 Å². The van der Waals surface area contributed by atoms with Gasteiger partial charge in [0.15, 0.2) is 0 Å². The summed E-state index contributed by atoms with van der Waals surface area (Å²) in [6.45, 7) is 0. The van der Waals surface area contributed by atoms with Crippen LogP contribution in [0.15, 0.2) is 18.2 Å². The molecule has 1 aromatic carbocycles. The van der Waals surface area contributed by atoms with Gasteiger partial charge < -0.3 is 10.6 Å². The monoisotopic (exact) mass is 236 g/mol. The minimum Gasteiger partial charge on any atom is -0.324 e. The van der Waals surface area contributed by atoms with Crippen LogP contribution in [0.25, 0.3) is 0 Å². The maximum absolute atomic E-state index is 11.5. The van der Waals surface area contributed by atoms with Gasteiger partial charge in [0.25, 0.3) is 0 Å². The van der Waals surface area contributed by atoms with E-state index < -0.39 is 0 Å². The number of nitrogens with two attached hydrogens (primary N) is 1. The highest BCUT2D eigenvalue weighted by atomic mass is 32.1. The number of fused-ring (bicyclic) bond motifs is 1. The van der Waals surface area contributed by atoms with Gasteiger partial charge in [-0.05, 0) is 29.4 Å². The fourth-order valence-electron chi connectivity index (χ4n) is 2.03. The number of rotatable bonds is 3. The summed E-state index contributed by atoms with van der Waals surface area (Å²) in [5.74, 6) is 0.923. The first-order valence-corrected chi connectivity index (χ1v) is 6.02. The Balaban J connectivity index is 2.28. The van der Waals surface area contributed by atoms with Crippen molar-refractivity contribution < 1.29 is 4.79 Å². The number of hydrogen-bond donors (Lipinski definition) is 2. The standard InChI is InChI=1S/C12H16N2OS/c1-14-11-3-2-8(10(13)4-5-16)6-9(11)7-12(14)15/h2-3,6,10,16H,4-5,7,13H2,1H3. The molecule has 0 saturated heterocycles. The molecule has 16 heavy (non-hydrogen) atoms. The van der Waals surface area contributed by atoms with E-state index in [9.17, 15) is 4.79 Å². The molecule has 0 radical (unpaired) electrons. The lowest BCUT2D eigenvalue weighted by molar-refractivity contribution is -0.117. The lowest BCUT2D eigenvalue weighted by Gasteiger charge is -2.13. The molecule has 0 spiro atoms. The van der Waals surface area contributed by atoms with Gasteiger partial charge in [-0.3, -0.25) is 4.79 Å². The van der Waals surface area contributed by atoms with Gasteiger partial charge in [0.05, 0.1) is 6.42 Å². The Morgan fingerprint density at radius 2 is 2.31 bits per heavy atom. The molecule has 2 N–H and O–H groups in total. The van der Waals surface area contributed by atoms with Gasteiger partial charge in [-0.25, -0.2) is 0 Å². The molecule has 3 nitrogen and oxygen atoms in total. The van der Waals surface area contributed by atoms with E-state index in [0.717, 1.165) is 29.0 Å². The largest absolute Gasteiger partial charge is 0.324 e. The summed E-state index contributed by atoms with van der Waals surface area (Å²) in [5.41, 5.74) is 9.20. The van der Waals surface area contributed by atoms with Crippen LogP contribution >= 0.6 is 12.6 Å². The molecule has 4 heteroatoms.